The van der Waals surface area contributed by atoms with Gasteiger partial charge in [0.2, 0.25) is 0 Å². The Morgan fingerprint density at radius 1 is 1.37 bits per heavy atom. The van der Waals surface area contributed by atoms with Crippen LogP contribution in [0.4, 0.5) is 0 Å². The standard InChI is InChI=1S/C20H16N4O2S/c1-13-10-24-17(14(2)22-20(24)27-13)6-7-19(25)26-12-15-11-23-8-4-3-5-18(23)16(15)9-21/h3-8,10-11H,12H2,1-2H3. The minimum Gasteiger partial charge on any atom is -0.458 e. The Morgan fingerprint density at radius 3 is 3.04 bits per heavy atom. The zero-order valence-corrected chi connectivity index (χ0v) is 15.7. The van der Waals surface area contributed by atoms with Gasteiger partial charge in [-0.2, -0.15) is 5.26 Å². The van der Waals surface area contributed by atoms with Crippen molar-refractivity contribution in [2.24, 2.45) is 0 Å². The SMILES string of the molecule is Cc1cn2c(C=CC(=O)OCc3cn4ccccc4c3C#N)c(C)nc2s1. The zero-order valence-electron chi connectivity index (χ0n) is 14.8. The maximum atomic E-state index is 12.2. The topological polar surface area (TPSA) is 71.8 Å². The molecule has 0 unspecified atom stereocenters. The molecule has 0 aliphatic carbocycles. The summed E-state index contributed by atoms with van der Waals surface area (Å²) >= 11 is 1.60. The van der Waals surface area contributed by atoms with Crippen LogP contribution >= 0.6 is 11.3 Å². The van der Waals surface area contributed by atoms with Crippen LogP contribution in [0.5, 0.6) is 0 Å². The highest BCUT2D eigenvalue weighted by Crippen LogP contribution is 2.22. The van der Waals surface area contributed by atoms with Crippen molar-refractivity contribution in [1.82, 2.24) is 13.8 Å². The summed E-state index contributed by atoms with van der Waals surface area (Å²) in [6, 6.07) is 7.80. The van der Waals surface area contributed by atoms with Crippen molar-refractivity contribution in [3.05, 3.63) is 70.3 Å². The van der Waals surface area contributed by atoms with Gasteiger partial charge < -0.3 is 9.14 Å². The Balaban J connectivity index is 1.51. The van der Waals surface area contributed by atoms with Gasteiger partial charge in [-0.15, -0.1) is 11.3 Å². The van der Waals surface area contributed by atoms with Crippen LogP contribution in [0, 0.1) is 25.2 Å². The molecule has 0 aromatic carbocycles. The van der Waals surface area contributed by atoms with Crippen molar-refractivity contribution in [1.29, 1.82) is 5.26 Å². The number of carbonyl (C=O) groups excluding carboxylic acids is 1. The average molecular weight is 376 g/mol. The molecule has 0 radical (unpaired) electrons. The number of esters is 1. The van der Waals surface area contributed by atoms with Crippen LogP contribution in [0.1, 0.15) is 27.4 Å². The number of aromatic nitrogens is 3. The number of ether oxygens (including phenoxy) is 1. The lowest BCUT2D eigenvalue weighted by Crippen LogP contribution is -2.01. The molecule has 4 heterocycles. The number of thiazole rings is 1. The minimum atomic E-state index is -0.463. The molecule has 0 amide bonds. The van der Waals surface area contributed by atoms with Gasteiger partial charge in [0.15, 0.2) is 4.96 Å². The fraction of sp³-hybridized carbons (Fsp3) is 0.150. The molecule has 4 rings (SSSR count). The number of imidazole rings is 1. The van der Waals surface area contributed by atoms with Crippen LogP contribution in [0.25, 0.3) is 16.6 Å². The summed E-state index contributed by atoms with van der Waals surface area (Å²) in [5, 5.41) is 9.41. The number of pyridine rings is 1. The molecule has 0 fully saturated rings. The lowest BCUT2D eigenvalue weighted by Gasteiger charge is -2.00. The molecule has 0 aliphatic rings. The maximum absolute atomic E-state index is 12.2. The highest BCUT2D eigenvalue weighted by molar-refractivity contribution is 7.17. The Kier molecular flexibility index (Phi) is 4.26. The number of nitriles is 1. The van der Waals surface area contributed by atoms with E-state index >= 15 is 0 Å². The predicted molar refractivity (Wildman–Crippen MR) is 103 cm³/mol. The Hall–Kier alpha value is -3.37. The van der Waals surface area contributed by atoms with Crippen molar-refractivity contribution in [2.45, 2.75) is 20.5 Å². The van der Waals surface area contributed by atoms with Gasteiger partial charge in [-0.05, 0) is 32.1 Å². The Labute approximate surface area is 159 Å². The van der Waals surface area contributed by atoms with Crippen LogP contribution in [0.15, 0.2) is 42.9 Å². The van der Waals surface area contributed by atoms with Gasteiger partial charge >= 0.3 is 5.97 Å². The van der Waals surface area contributed by atoms with Crippen LogP contribution in [-0.4, -0.2) is 19.8 Å². The molecule has 0 bridgehead atoms. The number of fused-ring (bicyclic) bond motifs is 2. The molecule has 0 saturated carbocycles. The fourth-order valence-electron chi connectivity index (χ4n) is 3.04. The van der Waals surface area contributed by atoms with Crippen molar-refractivity contribution in [3.63, 3.8) is 0 Å². The third kappa shape index (κ3) is 3.11. The van der Waals surface area contributed by atoms with Crippen molar-refractivity contribution < 1.29 is 9.53 Å². The third-order valence-corrected chi connectivity index (χ3v) is 5.18. The molecular weight excluding hydrogens is 360 g/mol. The first-order valence-corrected chi connectivity index (χ1v) is 9.17. The third-order valence-electron chi connectivity index (χ3n) is 4.28. The van der Waals surface area contributed by atoms with Crippen molar-refractivity contribution in [3.8, 4) is 6.07 Å². The fourth-order valence-corrected chi connectivity index (χ4v) is 3.92. The quantitative estimate of drug-likeness (QED) is 0.400. The molecule has 134 valence electrons. The summed E-state index contributed by atoms with van der Waals surface area (Å²) in [6.45, 7) is 3.98. The van der Waals surface area contributed by atoms with E-state index in [1.54, 1.807) is 17.4 Å². The predicted octanol–water partition coefficient (Wildman–Crippen LogP) is 3.89. The van der Waals surface area contributed by atoms with E-state index in [1.807, 2.05) is 59.4 Å². The van der Waals surface area contributed by atoms with E-state index in [4.69, 9.17) is 4.74 Å². The number of rotatable bonds is 4. The molecule has 0 N–H and O–H groups in total. The van der Waals surface area contributed by atoms with Gasteiger partial charge in [-0.25, -0.2) is 9.78 Å². The second-order valence-corrected chi connectivity index (χ2v) is 7.37. The number of hydrogen-bond acceptors (Lipinski definition) is 5. The molecule has 0 saturated heterocycles. The summed E-state index contributed by atoms with van der Waals surface area (Å²) in [7, 11) is 0. The van der Waals surface area contributed by atoms with E-state index in [0.29, 0.717) is 11.1 Å². The zero-order chi connectivity index (χ0) is 19.0. The van der Waals surface area contributed by atoms with Crippen LogP contribution < -0.4 is 0 Å². The molecule has 4 aromatic heterocycles. The summed E-state index contributed by atoms with van der Waals surface area (Å²) in [6.07, 6.45) is 8.77. The normalized spacial score (nSPS) is 11.4. The molecule has 0 spiro atoms. The van der Waals surface area contributed by atoms with E-state index in [-0.39, 0.29) is 6.61 Å². The largest absolute Gasteiger partial charge is 0.458 e. The summed E-state index contributed by atoms with van der Waals surface area (Å²) in [4.78, 5) is 18.7. The first kappa shape index (κ1) is 17.1. The maximum Gasteiger partial charge on any atom is 0.331 e. The van der Waals surface area contributed by atoms with Crippen LogP contribution in [-0.2, 0) is 16.1 Å². The second-order valence-electron chi connectivity index (χ2n) is 6.15. The van der Waals surface area contributed by atoms with E-state index in [9.17, 15) is 10.1 Å². The van der Waals surface area contributed by atoms with Gasteiger partial charge in [0.25, 0.3) is 0 Å². The average Bonchev–Trinajstić information content (AvgIpc) is 3.27. The van der Waals surface area contributed by atoms with E-state index in [2.05, 4.69) is 11.1 Å². The smallest absolute Gasteiger partial charge is 0.331 e. The molecule has 0 aliphatic heterocycles. The van der Waals surface area contributed by atoms with E-state index < -0.39 is 5.97 Å². The number of hydrogen-bond donors (Lipinski definition) is 0. The van der Waals surface area contributed by atoms with E-state index in [0.717, 1.165) is 26.7 Å². The van der Waals surface area contributed by atoms with Gasteiger partial charge in [-0.1, -0.05) is 6.07 Å². The molecule has 0 atom stereocenters. The minimum absolute atomic E-state index is 0.0477. The van der Waals surface area contributed by atoms with Crippen LogP contribution in [0.3, 0.4) is 0 Å². The molecule has 7 heteroatoms. The number of aryl methyl sites for hydroxylation is 2. The van der Waals surface area contributed by atoms with Gasteiger partial charge in [-0.3, -0.25) is 4.40 Å². The monoisotopic (exact) mass is 376 g/mol. The Bertz CT molecular complexity index is 1240. The van der Waals surface area contributed by atoms with Crippen molar-refractivity contribution >= 4 is 33.9 Å². The van der Waals surface area contributed by atoms with Gasteiger partial charge in [0.1, 0.15) is 12.7 Å². The lowest BCUT2D eigenvalue weighted by atomic mass is 10.2. The molecular formula is C20H16N4O2S. The summed E-state index contributed by atoms with van der Waals surface area (Å²) < 4.78 is 9.15. The molecule has 6 nitrogen and oxygen atoms in total. The first-order chi connectivity index (χ1) is 13.1. The Morgan fingerprint density at radius 2 is 2.22 bits per heavy atom. The van der Waals surface area contributed by atoms with E-state index in [1.165, 1.54) is 6.08 Å². The second kappa shape index (κ2) is 6.74. The lowest BCUT2D eigenvalue weighted by molar-refractivity contribution is -0.138. The van der Waals surface area contributed by atoms with Gasteiger partial charge in [0.05, 0.1) is 22.5 Å². The van der Waals surface area contributed by atoms with Crippen LogP contribution in [0.2, 0.25) is 0 Å². The number of carbonyl (C=O) groups is 1. The first-order valence-electron chi connectivity index (χ1n) is 8.35. The van der Waals surface area contributed by atoms with Gasteiger partial charge in [0, 0.05) is 35.1 Å². The molecule has 4 aromatic rings. The summed E-state index contributed by atoms with van der Waals surface area (Å²) in [5.74, 6) is -0.463. The summed E-state index contributed by atoms with van der Waals surface area (Å²) in [5.41, 5.74) is 3.72. The highest BCUT2D eigenvalue weighted by Gasteiger charge is 2.12. The number of nitrogens with zero attached hydrogens (tertiary/aromatic N) is 4. The van der Waals surface area contributed by atoms with Crippen molar-refractivity contribution in [2.75, 3.05) is 0 Å². The highest BCUT2D eigenvalue weighted by atomic mass is 32.1. The molecule has 27 heavy (non-hydrogen) atoms.